The van der Waals surface area contributed by atoms with Crippen LogP contribution in [0.25, 0.3) is 32.9 Å². The number of carbonyl (C=O) groups excluding carboxylic acids is 1. The van der Waals surface area contributed by atoms with Crippen molar-refractivity contribution >= 4 is 56.6 Å². The van der Waals surface area contributed by atoms with Gasteiger partial charge in [-0.1, -0.05) is 35.3 Å². The van der Waals surface area contributed by atoms with Crippen LogP contribution >= 0.6 is 23.2 Å². The van der Waals surface area contributed by atoms with Crippen LogP contribution in [0, 0.1) is 41.8 Å². The minimum atomic E-state index is -4.63. The number of alkyl halides is 3. The van der Waals surface area contributed by atoms with Crippen LogP contribution in [0.4, 0.5) is 23.2 Å². The smallest absolute Gasteiger partial charge is 0.367 e. The summed E-state index contributed by atoms with van der Waals surface area (Å²) in [5, 5.41) is 18.9. The van der Waals surface area contributed by atoms with Crippen molar-refractivity contribution in [3.05, 3.63) is 75.5 Å². The number of pyridine rings is 1. The van der Waals surface area contributed by atoms with Gasteiger partial charge >= 0.3 is 6.30 Å². The van der Waals surface area contributed by atoms with Gasteiger partial charge in [0.25, 0.3) is 0 Å². The van der Waals surface area contributed by atoms with Crippen molar-refractivity contribution in [1.82, 2.24) is 29.5 Å². The molecule has 6 fully saturated rings. The fourth-order valence-corrected chi connectivity index (χ4v) is 10.5. The summed E-state index contributed by atoms with van der Waals surface area (Å²) in [6, 6.07) is 11.1. The van der Waals surface area contributed by atoms with Gasteiger partial charge in [0.2, 0.25) is 5.91 Å². The first kappa shape index (κ1) is 35.1. The molecule has 7 heterocycles. The number of likely N-dealkylation sites (tertiary alicyclic amines) is 1. The number of piperidine rings is 1. The highest BCUT2D eigenvalue weighted by Crippen LogP contribution is 2.54. The summed E-state index contributed by atoms with van der Waals surface area (Å²) in [6.07, 6.45) is 1.43. The predicted octanol–water partition coefficient (Wildman–Crippen LogP) is 8.46. The Labute approximate surface area is 323 Å². The summed E-state index contributed by atoms with van der Waals surface area (Å²) in [7, 11) is 0. The lowest BCUT2D eigenvalue weighted by atomic mass is 9.79. The minimum absolute atomic E-state index is 0.0251. The zero-order valence-corrected chi connectivity index (χ0v) is 31.3. The van der Waals surface area contributed by atoms with Gasteiger partial charge in [0.15, 0.2) is 5.82 Å². The molecule has 6 atom stereocenters. The molecular formula is C40H36Cl2F4N8O. The van der Waals surface area contributed by atoms with Crippen LogP contribution in [-0.2, 0) is 17.5 Å². The van der Waals surface area contributed by atoms with Crippen LogP contribution in [0.1, 0.15) is 61.1 Å². The summed E-state index contributed by atoms with van der Waals surface area (Å²) >= 11 is 13.1. The number of halogens is 6. The van der Waals surface area contributed by atoms with Crippen LogP contribution in [0.2, 0.25) is 10.0 Å². The van der Waals surface area contributed by atoms with Crippen LogP contribution < -0.4 is 10.2 Å². The molecule has 2 saturated carbocycles. The van der Waals surface area contributed by atoms with E-state index >= 15 is 4.39 Å². The maximum absolute atomic E-state index is 17.3. The summed E-state index contributed by atoms with van der Waals surface area (Å²) in [4.78, 5) is 23.2. The summed E-state index contributed by atoms with van der Waals surface area (Å²) in [5.74, 6) is -0.275. The summed E-state index contributed by atoms with van der Waals surface area (Å²) in [6.45, 7) is 3.56. The number of benzene rings is 2. The highest BCUT2D eigenvalue weighted by atomic mass is 35.5. The fourth-order valence-electron chi connectivity index (χ4n) is 10.1. The number of nitrogens with one attached hydrogen (secondary N) is 1. The van der Waals surface area contributed by atoms with Crippen LogP contribution in [0.5, 0.6) is 0 Å². The Morgan fingerprint density at radius 3 is 2.62 bits per heavy atom. The van der Waals surface area contributed by atoms with E-state index in [1.807, 2.05) is 22.8 Å². The molecule has 0 unspecified atom stereocenters. The Balaban J connectivity index is 1.19. The van der Waals surface area contributed by atoms with Crippen molar-refractivity contribution in [2.24, 2.45) is 17.8 Å². The zero-order valence-electron chi connectivity index (χ0n) is 29.8. The molecular weight excluding hydrogens is 755 g/mol. The van der Waals surface area contributed by atoms with Gasteiger partial charge in [0.05, 0.1) is 57.8 Å². The van der Waals surface area contributed by atoms with Crippen molar-refractivity contribution in [2.75, 3.05) is 24.5 Å². The number of fused-ring (bicyclic) bond motifs is 6. The van der Waals surface area contributed by atoms with E-state index in [0.29, 0.717) is 46.9 Å². The molecule has 4 aliphatic heterocycles. The average Bonchev–Trinajstić information content (AvgIpc) is 3.56. The molecule has 55 heavy (non-hydrogen) atoms. The molecule has 4 saturated heterocycles. The van der Waals surface area contributed by atoms with E-state index in [0.717, 1.165) is 55.0 Å². The number of rotatable bonds is 7. The molecule has 284 valence electrons. The number of hydrogen-bond acceptors (Lipinski definition) is 6. The number of amides is 1. The monoisotopic (exact) mass is 790 g/mol. The first-order chi connectivity index (χ1) is 26.4. The van der Waals surface area contributed by atoms with Gasteiger partial charge in [-0.15, -0.1) is 13.2 Å². The number of hydrogen-bond donors (Lipinski definition) is 1. The molecule has 1 amide bonds. The third-order valence-electron chi connectivity index (χ3n) is 12.7. The van der Waals surface area contributed by atoms with E-state index in [4.69, 9.17) is 28.2 Å². The SMILES string of the molecule is Cc1nc2c(F)c(-c3cccc(Cl)c3Cl)c(CCC#N)cc2c2c1cc([C@H]1[C@H]3C[C@H](CN(c4cnn(C(F)(F)F)c4)C3)N1C(=O)C1CC1)n2[C@H]1[C@H]2CN[C@@H]1C2. The Kier molecular flexibility index (Phi) is 8.01. The minimum Gasteiger partial charge on any atom is -0.367 e. The summed E-state index contributed by atoms with van der Waals surface area (Å²) < 4.78 is 60.4. The van der Waals surface area contributed by atoms with E-state index in [1.165, 1.54) is 6.20 Å². The van der Waals surface area contributed by atoms with Gasteiger partial charge in [-0.2, -0.15) is 15.0 Å². The number of aromatic nitrogens is 4. The third kappa shape index (κ3) is 5.38. The molecule has 4 bridgehead atoms. The van der Waals surface area contributed by atoms with Crippen LogP contribution in [-0.4, -0.2) is 61.9 Å². The second-order valence-corrected chi connectivity index (χ2v) is 16.7. The fraction of sp³-hybridized carbons (Fsp3) is 0.450. The lowest BCUT2D eigenvalue weighted by Gasteiger charge is -2.40. The van der Waals surface area contributed by atoms with Crippen LogP contribution in [0.15, 0.2) is 42.7 Å². The molecule has 2 aromatic carbocycles. The Morgan fingerprint density at radius 1 is 1.11 bits per heavy atom. The van der Waals surface area contributed by atoms with E-state index in [-0.39, 0.29) is 80.6 Å². The molecule has 2 aliphatic carbocycles. The Morgan fingerprint density at radius 2 is 1.93 bits per heavy atom. The number of nitrogens with zero attached hydrogens (tertiary/aromatic N) is 7. The normalized spacial score (nSPS) is 25.9. The van der Waals surface area contributed by atoms with E-state index in [9.17, 15) is 23.2 Å². The Bertz CT molecular complexity index is 2460. The average molecular weight is 792 g/mol. The quantitative estimate of drug-likeness (QED) is 0.166. The maximum Gasteiger partial charge on any atom is 0.504 e. The highest BCUT2D eigenvalue weighted by molar-refractivity contribution is 6.43. The van der Waals surface area contributed by atoms with E-state index in [2.05, 4.69) is 27.1 Å². The highest BCUT2D eigenvalue weighted by Gasteiger charge is 2.55. The molecule has 11 rings (SSSR count). The molecule has 0 radical (unpaired) electrons. The lowest BCUT2D eigenvalue weighted by molar-refractivity contribution is -0.212. The lowest BCUT2D eigenvalue weighted by Crippen LogP contribution is -2.45. The second-order valence-electron chi connectivity index (χ2n) is 15.9. The predicted molar refractivity (Wildman–Crippen MR) is 200 cm³/mol. The van der Waals surface area contributed by atoms with Crippen LogP contribution in [0.3, 0.4) is 0 Å². The molecule has 15 heteroatoms. The van der Waals surface area contributed by atoms with Crippen molar-refractivity contribution in [3.63, 3.8) is 0 Å². The molecule has 0 spiro atoms. The number of aryl methyl sites for hydroxylation is 2. The molecule has 3 aromatic heterocycles. The van der Waals surface area contributed by atoms with Crippen molar-refractivity contribution in [2.45, 2.75) is 75.9 Å². The van der Waals surface area contributed by atoms with Crippen molar-refractivity contribution in [3.8, 4) is 17.2 Å². The largest absolute Gasteiger partial charge is 0.504 e. The number of nitriles is 1. The molecule has 6 aliphatic rings. The van der Waals surface area contributed by atoms with Gasteiger partial charge in [-0.05, 0) is 68.7 Å². The molecule has 5 aromatic rings. The van der Waals surface area contributed by atoms with Crippen molar-refractivity contribution < 1.29 is 22.4 Å². The summed E-state index contributed by atoms with van der Waals surface area (Å²) in [5.41, 5.74) is 4.29. The zero-order chi connectivity index (χ0) is 38.1. The molecule has 9 nitrogen and oxygen atoms in total. The van der Waals surface area contributed by atoms with Gasteiger partial charge in [0, 0.05) is 77.2 Å². The first-order valence-corrected chi connectivity index (χ1v) is 19.6. The molecule has 1 N–H and O–H groups in total. The van der Waals surface area contributed by atoms with Gasteiger partial charge in [-0.3, -0.25) is 4.79 Å². The van der Waals surface area contributed by atoms with Gasteiger partial charge < -0.3 is 19.7 Å². The Hall–Kier alpha value is -4.38. The van der Waals surface area contributed by atoms with Crippen molar-refractivity contribution in [1.29, 1.82) is 5.26 Å². The van der Waals surface area contributed by atoms with Gasteiger partial charge in [0.1, 0.15) is 5.52 Å². The third-order valence-corrected chi connectivity index (χ3v) is 13.5. The maximum atomic E-state index is 17.3. The van der Waals surface area contributed by atoms with Gasteiger partial charge in [-0.25, -0.2) is 9.37 Å². The van der Waals surface area contributed by atoms with E-state index < -0.39 is 12.1 Å². The topological polar surface area (TPSA) is 95.0 Å². The number of carbonyl (C=O) groups is 1. The second kappa shape index (κ2) is 12.6. The van der Waals surface area contributed by atoms with E-state index in [1.54, 1.807) is 18.2 Å². The standard InChI is InChI=1S/C40H36Cl2F4N8O/c1-19-27-13-31(37-23-10-24(53(37)39(55)20-7-8-20)17-51(16-23)25-15-49-52(18-25)40(44,45)46)54(36-22-12-30(36)48-14-22)38(27)28-11-21(4-3-9-47)32(34(43)35(28)50-19)26-5-2-6-29(41)33(26)42/h2,5-6,11,13,15,18,20,22-24,30,36-37,48H,3-4,7-8,10,12,14,16-17H2,1H3/t22-,23+,24-,30-,36+,37-/m1/s1. The first-order valence-electron chi connectivity index (χ1n) is 18.8. The number of anilines is 1.